The van der Waals surface area contributed by atoms with Crippen molar-refractivity contribution in [3.8, 4) is 0 Å². The molecule has 0 aliphatic heterocycles. The predicted molar refractivity (Wildman–Crippen MR) is 61.4 cm³/mol. The van der Waals surface area contributed by atoms with Crippen LogP contribution in [-0.2, 0) is 11.2 Å². The molecule has 1 atom stereocenters. The molecule has 1 unspecified atom stereocenters. The van der Waals surface area contributed by atoms with Crippen LogP contribution in [0.4, 0.5) is 0 Å². The molecule has 0 radical (unpaired) electrons. The summed E-state index contributed by atoms with van der Waals surface area (Å²) in [6.45, 7) is 7.87. The largest absolute Gasteiger partial charge is 0.481 e. The number of carboxylic acids is 1. The first-order chi connectivity index (χ1) is 6.91. The molecule has 15 heavy (non-hydrogen) atoms. The summed E-state index contributed by atoms with van der Waals surface area (Å²) in [6.07, 6.45) is 0.928. The van der Waals surface area contributed by atoms with Gasteiger partial charge in [0.2, 0.25) is 0 Å². The molecule has 1 aromatic rings. The molecule has 0 saturated carbocycles. The molecule has 84 valence electrons. The molecule has 0 aromatic carbocycles. The van der Waals surface area contributed by atoms with Gasteiger partial charge in [0.05, 0.1) is 16.6 Å². The molecular weight excluding hydrogens is 210 g/mol. The highest BCUT2D eigenvalue weighted by molar-refractivity contribution is 7.12. The first-order valence-corrected chi connectivity index (χ1v) is 5.92. The molecule has 0 saturated heterocycles. The number of carbonyl (C=O) groups is 1. The number of aryl methyl sites for hydroxylation is 1. The normalized spacial score (nSPS) is 13.1. The van der Waals surface area contributed by atoms with Crippen molar-refractivity contribution >= 4 is 17.3 Å². The summed E-state index contributed by atoms with van der Waals surface area (Å²) in [5, 5.41) is 9.98. The fraction of sp³-hybridized carbons (Fsp3) is 0.636. The van der Waals surface area contributed by atoms with Crippen molar-refractivity contribution in [1.29, 1.82) is 0 Å². The molecule has 1 N–H and O–H groups in total. The van der Waals surface area contributed by atoms with E-state index in [9.17, 15) is 4.79 Å². The van der Waals surface area contributed by atoms with Crippen molar-refractivity contribution in [3.05, 3.63) is 15.6 Å². The summed E-state index contributed by atoms with van der Waals surface area (Å²) in [5.74, 6) is -0.662. The summed E-state index contributed by atoms with van der Waals surface area (Å²) in [6, 6.07) is 0. The van der Waals surface area contributed by atoms with E-state index >= 15 is 0 Å². The Morgan fingerprint density at radius 3 is 2.53 bits per heavy atom. The summed E-state index contributed by atoms with van der Waals surface area (Å²) in [7, 11) is 0. The number of aromatic nitrogens is 1. The molecule has 0 fully saturated rings. The Balaban J connectivity index is 2.91. The lowest BCUT2D eigenvalue weighted by Gasteiger charge is -2.02. The third-order valence-corrected chi connectivity index (χ3v) is 3.59. The summed E-state index contributed by atoms with van der Waals surface area (Å²) >= 11 is 1.53. The molecule has 1 heterocycles. The molecule has 0 aliphatic carbocycles. The van der Waals surface area contributed by atoms with Crippen molar-refractivity contribution in [2.24, 2.45) is 5.92 Å². The lowest BCUT2D eigenvalue weighted by Crippen LogP contribution is -2.06. The Kier molecular flexibility index (Phi) is 3.85. The molecule has 1 aromatic heterocycles. The van der Waals surface area contributed by atoms with Crippen LogP contribution in [0.5, 0.6) is 0 Å². The quantitative estimate of drug-likeness (QED) is 0.860. The van der Waals surface area contributed by atoms with Gasteiger partial charge in [-0.1, -0.05) is 13.8 Å². The molecule has 0 aliphatic rings. The van der Waals surface area contributed by atoms with Gasteiger partial charge in [-0.05, 0) is 19.8 Å². The van der Waals surface area contributed by atoms with Gasteiger partial charge >= 0.3 is 5.97 Å². The van der Waals surface area contributed by atoms with Crippen molar-refractivity contribution in [1.82, 2.24) is 4.98 Å². The van der Waals surface area contributed by atoms with Gasteiger partial charge in [-0.3, -0.25) is 4.79 Å². The average Bonchev–Trinajstić information content (AvgIpc) is 2.44. The third kappa shape index (κ3) is 3.02. The van der Waals surface area contributed by atoms with Gasteiger partial charge in [0.25, 0.3) is 0 Å². The smallest absolute Gasteiger partial charge is 0.311 e. The van der Waals surface area contributed by atoms with E-state index in [2.05, 4.69) is 18.8 Å². The van der Waals surface area contributed by atoms with E-state index in [1.165, 1.54) is 11.3 Å². The molecule has 0 bridgehead atoms. The lowest BCUT2D eigenvalue weighted by atomic mass is 10.1. The molecular formula is C11H17NO2S. The van der Waals surface area contributed by atoms with Gasteiger partial charge in [-0.15, -0.1) is 11.3 Å². The summed E-state index contributed by atoms with van der Waals surface area (Å²) < 4.78 is 0. The van der Waals surface area contributed by atoms with Gasteiger partial charge in [0, 0.05) is 11.3 Å². The fourth-order valence-electron chi connectivity index (χ4n) is 1.42. The highest BCUT2D eigenvalue weighted by atomic mass is 32.1. The van der Waals surface area contributed by atoms with E-state index in [4.69, 9.17) is 5.11 Å². The number of thiazole rings is 1. The van der Waals surface area contributed by atoms with Crippen LogP contribution in [0.25, 0.3) is 0 Å². The standard InChI is InChI=1S/C11H17NO2S/c1-6(2)5-9-12-8(4)10(15-9)7(3)11(13)14/h6-7H,5H2,1-4H3,(H,13,14). The Morgan fingerprint density at radius 2 is 2.07 bits per heavy atom. The number of rotatable bonds is 4. The van der Waals surface area contributed by atoms with Gasteiger partial charge < -0.3 is 5.11 Å². The van der Waals surface area contributed by atoms with Crippen LogP contribution in [0.2, 0.25) is 0 Å². The van der Waals surface area contributed by atoms with E-state index in [1.54, 1.807) is 6.92 Å². The first kappa shape index (κ1) is 12.2. The Labute approximate surface area is 94.2 Å². The van der Waals surface area contributed by atoms with Crippen LogP contribution in [0.1, 0.15) is 42.3 Å². The van der Waals surface area contributed by atoms with E-state index in [-0.39, 0.29) is 0 Å². The Hall–Kier alpha value is -0.900. The maximum absolute atomic E-state index is 10.9. The van der Waals surface area contributed by atoms with Crippen LogP contribution in [-0.4, -0.2) is 16.1 Å². The van der Waals surface area contributed by atoms with E-state index < -0.39 is 11.9 Å². The van der Waals surface area contributed by atoms with Gasteiger partial charge in [0.1, 0.15) is 0 Å². The van der Waals surface area contributed by atoms with E-state index in [0.717, 1.165) is 22.0 Å². The SMILES string of the molecule is Cc1nc(CC(C)C)sc1C(C)C(=O)O. The topological polar surface area (TPSA) is 50.2 Å². The van der Waals surface area contributed by atoms with Gasteiger partial charge in [0.15, 0.2) is 0 Å². The Morgan fingerprint density at radius 1 is 1.47 bits per heavy atom. The first-order valence-electron chi connectivity index (χ1n) is 5.10. The minimum Gasteiger partial charge on any atom is -0.481 e. The second-order valence-corrected chi connectivity index (χ2v) is 5.33. The number of carboxylic acid groups (broad SMARTS) is 1. The second-order valence-electron chi connectivity index (χ2n) is 4.22. The predicted octanol–water partition coefficient (Wildman–Crippen LogP) is 2.84. The number of aliphatic carboxylic acids is 1. The lowest BCUT2D eigenvalue weighted by molar-refractivity contribution is -0.138. The number of nitrogens with zero attached hydrogens (tertiary/aromatic N) is 1. The fourth-order valence-corrected chi connectivity index (χ4v) is 2.74. The van der Waals surface area contributed by atoms with Crippen LogP contribution < -0.4 is 0 Å². The number of hydrogen-bond donors (Lipinski definition) is 1. The van der Waals surface area contributed by atoms with Gasteiger partial charge in [-0.25, -0.2) is 4.98 Å². The highest BCUT2D eigenvalue weighted by Gasteiger charge is 2.20. The zero-order chi connectivity index (χ0) is 11.6. The molecule has 0 spiro atoms. The van der Waals surface area contributed by atoms with E-state index in [1.807, 2.05) is 6.92 Å². The second kappa shape index (κ2) is 4.75. The van der Waals surface area contributed by atoms with Crippen molar-refractivity contribution in [3.63, 3.8) is 0 Å². The molecule has 3 nitrogen and oxygen atoms in total. The third-order valence-electron chi connectivity index (χ3n) is 2.22. The average molecular weight is 227 g/mol. The zero-order valence-corrected chi connectivity index (χ0v) is 10.4. The maximum Gasteiger partial charge on any atom is 0.311 e. The minimum absolute atomic E-state index is 0.441. The van der Waals surface area contributed by atoms with Crippen molar-refractivity contribution in [2.75, 3.05) is 0 Å². The van der Waals surface area contributed by atoms with Crippen LogP contribution in [0.3, 0.4) is 0 Å². The molecule has 0 amide bonds. The van der Waals surface area contributed by atoms with Crippen LogP contribution in [0, 0.1) is 12.8 Å². The van der Waals surface area contributed by atoms with E-state index in [0.29, 0.717) is 5.92 Å². The van der Waals surface area contributed by atoms with Crippen LogP contribution >= 0.6 is 11.3 Å². The molecule has 1 rings (SSSR count). The van der Waals surface area contributed by atoms with Crippen molar-refractivity contribution in [2.45, 2.75) is 40.0 Å². The highest BCUT2D eigenvalue weighted by Crippen LogP contribution is 2.27. The van der Waals surface area contributed by atoms with Crippen molar-refractivity contribution < 1.29 is 9.90 Å². The monoisotopic (exact) mass is 227 g/mol. The minimum atomic E-state index is -0.780. The Bertz CT molecular complexity index is 357. The zero-order valence-electron chi connectivity index (χ0n) is 9.57. The summed E-state index contributed by atoms with van der Waals surface area (Å²) in [5.41, 5.74) is 0.866. The van der Waals surface area contributed by atoms with Crippen LogP contribution in [0.15, 0.2) is 0 Å². The summed E-state index contributed by atoms with van der Waals surface area (Å²) in [4.78, 5) is 16.2. The number of hydrogen-bond acceptors (Lipinski definition) is 3. The van der Waals surface area contributed by atoms with Gasteiger partial charge in [-0.2, -0.15) is 0 Å². The molecule has 4 heteroatoms. The maximum atomic E-state index is 10.9.